The monoisotopic (exact) mass is 584 g/mol. The van der Waals surface area contributed by atoms with Gasteiger partial charge < -0.3 is 20.7 Å². The van der Waals surface area contributed by atoms with Crippen molar-refractivity contribution >= 4 is 45.8 Å². The maximum absolute atomic E-state index is 13.2. The van der Waals surface area contributed by atoms with Crippen molar-refractivity contribution in [3.05, 3.63) is 71.0 Å². The number of carbonyl (C=O) groups excluding carboxylic acids is 2. The van der Waals surface area contributed by atoms with Crippen molar-refractivity contribution in [1.82, 2.24) is 20.3 Å². The van der Waals surface area contributed by atoms with Crippen molar-refractivity contribution in [3.8, 4) is 17.1 Å². The molecule has 9 nitrogen and oxygen atoms in total. The van der Waals surface area contributed by atoms with Crippen molar-refractivity contribution < 1.29 is 27.5 Å². The fourth-order valence-corrected chi connectivity index (χ4v) is 4.55. The number of carbonyl (C=O) groups is 2. The predicted octanol–water partition coefficient (Wildman–Crippen LogP) is 5.61. The van der Waals surface area contributed by atoms with E-state index in [1.165, 1.54) is 25.3 Å². The van der Waals surface area contributed by atoms with Crippen LogP contribution in [0.2, 0.25) is 5.02 Å². The van der Waals surface area contributed by atoms with E-state index in [0.717, 1.165) is 0 Å². The molecule has 13 heteroatoms. The molecule has 0 saturated heterocycles. The first kappa shape index (κ1) is 28.1. The Morgan fingerprint density at radius 1 is 1.07 bits per heavy atom. The fraction of sp³-hybridized carbons (Fsp3) is 0.250. The van der Waals surface area contributed by atoms with E-state index in [4.69, 9.17) is 16.3 Å². The highest BCUT2D eigenvalue weighted by Gasteiger charge is 2.68. The van der Waals surface area contributed by atoms with E-state index >= 15 is 0 Å². The second kappa shape index (κ2) is 10.8. The lowest BCUT2D eigenvalue weighted by Gasteiger charge is -2.18. The van der Waals surface area contributed by atoms with Gasteiger partial charge in [-0.2, -0.15) is 13.2 Å². The largest absolute Gasteiger partial charge is 0.495 e. The molecule has 41 heavy (non-hydrogen) atoms. The first-order chi connectivity index (χ1) is 19.5. The third kappa shape index (κ3) is 5.60. The Balaban J connectivity index is 1.36. The van der Waals surface area contributed by atoms with Gasteiger partial charge in [0.25, 0.3) is 5.91 Å². The summed E-state index contributed by atoms with van der Waals surface area (Å²) in [6, 6.07) is 11.3. The minimum absolute atomic E-state index is 0.0946. The molecule has 2 amide bonds. The Kier molecular flexibility index (Phi) is 7.43. The van der Waals surface area contributed by atoms with Gasteiger partial charge in [0.2, 0.25) is 5.91 Å². The van der Waals surface area contributed by atoms with Crippen LogP contribution in [0.3, 0.4) is 0 Å². The molecule has 1 aliphatic carbocycles. The van der Waals surface area contributed by atoms with Gasteiger partial charge in [-0.15, -0.1) is 0 Å². The number of nitrogens with zero attached hydrogens (tertiary/aromatic N) is 3. The van der Waals surface area contributed by atoms with Gasteiger partial charge in [-0.25, -0.2) is 9.97 Å². The van der Waals surface area contributed by atoms with Gasteiger partial charge in [-0.05, 0) is 54.8 Å². The highest BCUT2D eigenvalue weighted by atomic mass is 35.5. The lowest BCUT2D eigenvalue weighted by Crippen LogP contribution is -2.40. The van der Waals surface area contributed by atoms with Gasteiger partial charge in [0.15, 0.2) is 5.82 Å². The topological polar surface area (TPSA) is 118 Å². The molecule has 3 N–H and O–H groups in total. The molecule has 0 radical (unpaired) electrons. The van der Waals surface area contributed by atoms with Gasteiger partial charge in [0.1, 0.15) is 17.0 Å². The van der Waals surface area contributed by atoms with Crippen LogP contribution in [0.1, 0.15) is 28.8 Å². The van der Waals surface area contributed by atoms with Crippen LogP contribution in [0, 0.1) is 5.41 Å². The van der Waals surface area contributed by atoms with Gasteiger partial charge in [0, 0.05) is 36.4 Å². The Morgan fingerprint density at radius 3 is 2.54 bits per heavy atom. The molecule has 0 unspecified atom stereocenters. The second-order valence-corrected chi connectivity index (χ2v) is 9.93. The van der Waals surface area contributed by atoms with Crippen LogP contribution in [-0.2, 0) is 11.3 Å². The Bertz CT molecular complexity index is 1660. The van der Waals surface area contributed by atoms with E-state index in [1.807, 2.05) is 0 Å². The number of benzene rings is 2. The third-order valence-electron chi connectivity index (χ3n) is 6.85. The van der Waals surface area contributed by atoms with Crippen LogP contribution < -0.4 is 20.7 Å². The molecule has 0 spiro atoms. The number of halogens is 4. The summed E-state index contributed by atoms with van der Waals surface area (Å²) in [7, 11) is 3.27. The lowest BCUT2D eigenvalue weighted by atomic mass is 10.1. The number of methoxy groups -OCH3 is 1. The maximum Gasteiger partial charge on any atom is 0.403 e. The lowest BCUT2D eigenvalue weighted by molar-refractivity contribution is -0.192. The van der Waals surface area contributed by atoms with Crippen molar-refractivity contribution in [3.63, 3.8) is 0 Å². The Morgan fingerprint density at radius 2 is 1.85 bits per heavy atom. The van der Waals surface area contributed by atoms with Crippen LogP contribution in [0.15, 0.2) is 54.9 Å². The zero-order valence-electron chi connectivity index (χ0n) is 21.9. The molecular weight excluding hydrogens is 561 g/mol. The molecule has 4 aromatic rings. The van der Waals surface area contributed by atoms with Crippen molar-refractivity contribution in [1.29, 1.82) is 0 Å². The highest BCUT2D eigenvalue weighted by molar-refractivity contribution is 6.34. The summed E-state index contributed by atoms with van der Waals surface area (Å²) in [5.74, 6) is -0.106. The van der Waals surface area contributed by atoms with Gasteiger partial charge in [-0.3, -0.25) is 14.6 Å². The molecule has 1 saturated carbocycles. The summed E-state index contributed by atoms with van der Waals surface area (Å²) >= 11 is 6.27. The fourth-order valence-electron chi connectivity index (χ4n) is 4.35. The molecule has 2 aromatic carbocycles. The summed E-state index contributed by atoms with van der Waals surface area (Å²) in [6.07, 6.45) is -1.90. The van der Waals surface area contributed by atoms with Crippen LogP contribution in [-0.4, -0.2) is 47.1 Å². The number of pyridine rings is 1. The number of fused-ring (bicyclic) bond motifs is 1. The number of ether oxygens (including phenoxy) is 1. The zero-order chi connectivity index (χ0) is 29.4. The number of hydrogen-bond donors (Lipinski definition) is 3. The number of aromatic nitrogens is 3. The predicted molar refractivity (Wildman–Crippen MR) is 148 cm³/mol. The molecule has 212 valence electrons. The SMILES string of the molecule is CNc1nc(-c2cncc(OC)c2)nc2cc(NC(=O)c3cc(CNC(=O)C4(C(F)(F)F)CC4)ccc3Cl)ccc12. The average Bonchev–Trinajstić information content (AvgIpc) is 3.78. The maximum atomic E-state index is 13.2. The molecule has 5 rings (SSSR count). The molecule has 0 aliphatic heterocycles. The summed E-state index contributed by atoms with van der Waals surface area (Å²) < 4.78 is 44.9. The molecule has 0 atom stereocenters. The van der Waals surface area contributed by atoms with Gasteiger partial charge in [-0.1, -0.05) is 17.7 Å². The average molecular weight is 585 g/mol. The number of alkyl halides is 3. The van der Waals surface area contributed by atoms with Crippen LogP contribution >= 0.6 is 11.6 Å². The molecule has 0 bridgehead atoms. The van der Waals surface area contributed by atoms with Gasteiger partial charge >= 0.3 is 6.18 Å². The molecule has 1 fully saturated rings. The van der Waals surface area contributed by atoms with E-state index in [0.29, 0.717) is 45.1 Å². The third-order valence-corrected chi connectivity index (χ3v) is 7.18. The van der Waals surface area contributed by atoms with E-state index in [1.54, 1.807) is 43.7 Å². The first-order valence-corrected chi connectivity index (χ1v) is 12.9. The van der Waals surface area contributed by atoms with Crippen molar-refractivity contribution in [2.75, 3.05) is 24.8 Å². The van der Waals surface area contributed by atoms with E-state index in [9.17, 15) is 22.8 Å². The summed E-state index contributed by atoms with van der Waals surface area (Å²) in [5.41, 5.74) is -0.204. The van der Waals surface area contributed by atoms with Crippen molar-refractivity contribution in [2.45, 2.75) is 25.6 Å². The quantitative estimate of drug-likeness (QED) is 0.246. The number of nitrogens with one attached hydrogen (secondary N) is 3. The number of hydrogen-bond acceptors (Lipinski definition) is 7. The minimum Gasteiger partial charge on any atom is -0.495 e. The number of rotatable bonds is 8. The van der Waals surface area contributed by atoms with E-state index < -0.39 is 23.4 Å². The smallest absolute Gasteiger partial charge is 0.403 e. The molecule has 2 aromatic heterocycles. The first-order valence-electron chi connectivity index (χ1n) is 12.5. The normalized spacial score (nSPS) is 13.9. The molecular formula is C28H24ClF3N6O3. The number of amides is 2. The van der Waals surface area contributed by atoms with Crippen molar-refractivity contribution in [2.24, 2.45) is 5.41 Å². The van der Waals surface area contributed by atoms with Crippen LogP contribution in [0.4, 0.5) is 24.7 Å². The Labute approximate surface area is 237 Å². The van der Waals surface area contributed by atoms with E-state index in [2.05, 4.69) is 30.9 Å². The zero-order valence-corrected chi connectivity index (χ0v) is 22.7. The van der Waals surface area contributed by atoms with Crippen LogP contribution in [0.5, 0.6) is 5.75 Å². The van der Waals surface area contributed by atoms with Crippen LogP contribution in [0.25, 0.3) is 22.3 Å². The number of anilines is 2. The standard InChI is InChI=1S/C28H24ClF3N6O3/c1-33-24-19-5-4-17(11-22(19)37-23(38-24)16-10-18(41-2)14-34-13-16)36-25(39)20-9-15(3-6-21(20)29)12-35-26(40)27(7-8-27)28(30,31)32/h3-6,9-11,13-14H,7-8,12H2,1-2H3,(H,35,40)(H,36,39)(H,33,37,38). The molecule has 1 aliphatic rings. The second-order valence-electron chi connectivity index (χ2n) is 9.52. The van der Waals surface area contributed by atoms with Gasteiger partial charge in [0.05, 0.1) is 29.4 Å². The van der Waals surface area contributed by atoms with E-state index in [-0.39, 0.29) is 30.0 Å². The summed E-state index contributed by atoms with van der Waals surface area (Å²) in [6.45, 7) is -0.185. The molecule has 2 heterocycles. The Hall–Kier alpha value is -4.45. The summed E-state index contributed by atoms with van der Waals surface area (Å²) in [5, 5.41) is 9.02. The highest BCUT2D eigenvalue weighted by Crippen LogP contribution is 2.57. The summed E-state index contributed by atoms with van der Waals surface area (Å²) in [4.78, 5) is 38.7. The minimum atomic E-state index is -4.60.